The van der Waals surface area contributed by atoms with Gasteiger partial charge in [-0.2, -0.15) is 0 Å². The van der Waals surface area contributed by atoms with Gasteiger partial charge in [-0.3, -0.25) is 9.59 Å². The number of ketones is 1. The van der Waals surface area contributed by atoms with Gasteiger partial charge >= 0.3 is 5.97 Å². The van der Waals surface area contributed by atoms with Gasteiger partial charge in [0.15, 0.2) is 5.78 Å². The zero-order valence-electron chi connectivity index (χ0n) is 22.1. The number of anilines is 1. The molecule has 0 aromatic carbocycles. The van der Waals surface area contributed by atoms with Crippen LogP contribution in [0.25, 0.3) is 0 Å². The summed E-state index contributed by atoms with van der Waals surface area (Å²) in [4.78, 5) is 42.4. The second-order valence-corrected chi connectivity index (χ2v) is 12.0. The fourth-order valence-electron chi connectivity index (χ4n) is 4.48. The molecular formula is C28H41NO4S. The van der Waals surface area contributed by atoms with Crippen LogP contribution in [0, 0.1) is 40.9 Å². The van der Waals surface area contributed by atoms with Crippen LogP contribution in [0.4, 0.5) is 5.69 Å². The molecule has 0 radical (unpaired) electrons. The highest BCUT2D eigenvalue weighted by atomic mass is 32.1. The number of esters is 1. The highest BCUT2D eigenvalue weighted by Crippen LogP contribution is 2.36. The first-order valence-corrected chi connectivity index (χ1v) is 13.3. The summed E-state index contributed by atoms with van der Waals surface area (Å²) in [6, 6.07) is 1.78. The Hall–Kier alpha value is -2.13. The first-order valence-electron chi connectivity index (χ1n) is 12.5. The lowest BCUT2D eigenvalue weighted by molar-refractivity contribution is -0.128. The molecule has 0 saturated heterocycles. The molecule has 1 fully saturated rings. The molecule has 1 saturated carbocycles. The maximum Gasteiger partial charge on any atom is 0.350 e. The number of thiophene rings is 1. The number of Topliss-reactive ketones (excluding diaryl/α,β-unsaturated/α-hetero) is 1. The summed E-state index contributed by atoms with van der Waals surface area (Å²) in [6.45, 7) is 14.3. The molecule has 1 aromatic heterocycles. The molecule has 5 nitrogen and oxygen atoms in total. The van der Waals surface area contributed by atoms with Gasteiger partial charge in [0.1, 0.15) is 4.88 Å². The van der Waals surface area contributed by atoms with E-state index in [9.17, 15) is 14.4 Å². The van der Waals surface area contributed by atoms with Crippen LogP contribution in [-0.4, -0.2) is 31.3 Å². The molecule has 1 atom stereocenters. The predicted molar refractivity (Wildman–Crippen MR) is 139 cm³/mol. The lowest BCUT2D eigenvalue weighted by atomic mass is 9.82. The number of nitrogens with zero attached hydrogens (tertiary/aromatic N) is 1. The van der Waals surface area contributed by atoms with Crippen molar-refractivity contribution in [1.82, 2.24) is 0 Å². The van der Waals surface area contributed by atoms with Crippen LogP contribution >= 0.6 is 11.3 Å². The van der Waals surface area contributed by atoms with Crippen molar-refractivity contribution in [3.8, 4) is 11.8 Å². The molecule has 188 valence electrons. The van der Waals surface area contributed by atoms with Crippen molar-refractivity contribution in [3.63, 3.8) is 0 Å². The molecule has 0 N–H and O–H groups in total. The number of amides is 1. The van der Waals surface area contributed by atoms with Crippen LogP contribution < -0.4 is 4.90 Å². The van der Waals surface area contributed by atoms with Crippen LogP contribution in [0.1, 0.15) is 95.1 Å². The average Bonchev–Trinajstić information content (AvgIpc) is 3.19. The van der Waals surface area contributed by atoms with Crippen molar-refractivity contribution in [1.29, 1.82) is 0 Å². The molecule has 6 heteroatoms. The second kappa shape index (κ2) is 12.0. The summed E-state index contributed by atoms with van der Waals surface area (Å²) < 4.78 is 5.04. The molecule has 0 aliphatic heterocycles. The summed E-state index contributed by atoms with van der Waals surface area (Å²) in [5, 5.41) is 0. The molecular weight excluding hydrogens is 446 g/mol. The van der Waals surface area contributed by atoms with Gasteiger partial charge in [0.2, 0.25) is 5.91 Å². The van der Waals surface area contributed by atoms with Crippen LogP contribution in [0.2, 0.25) is 0 Å². The second-order valence-electron chi connectivity index (χ2n) is 10.9. The van der Waals surface area contributed by atoms with Gasteiger partial charge in [0, 0.05) is 17.3 Å². The molecule has 1 unspecified atom stereocenters. The smallest absolute Gasteiger partial charge is 0.350 e. The van der Waals surface area contributed by atoms with Crippen molar-refractivity contribution >= 4 is 34.7 Å². The molecule has 1 aromatic rings. The van der Waals surface area contributed by atoms with E-state index in [1.807, 2.05) is 41.5 Å². The lowest BCUT2D eigenvalue weighted by Gasteiger charge is -2.32. The zero-order chi connectivity index (χ0) is 25.6. The fourth-order valence-corrected chi connectivity index (χ4v) is 5.42. The molecule has 34 heavy (non-hydrogen) atoms. The number of carbonyl (C=O) groups is 3. The van der Waals surface area contributed by atoms with Gasteiger partial charge in [-0.25, -0.2) is 4.79 Å². The highest BCUT2D eigenvalue weighted by Gasteiger charge is 2.34. The van der Waals surface area contributed by atoms with E-state index in [2.05, 4.69) is 18.8 Å². The van der Waals surface area contributed by atoms with Crippen LogP contribution in [0.5, 0.6) is 0 Å². The van der Waals surface area contributed by atoms with E-state index in [-0.39, 0.29) is 41.4 Å². The number of hydrogen-bond acceptors (Lipinski definition) is 5. The van der Waals surface area contributed by atoms with Gasteiger partial charge in [0.05, 0.1) is 24.2 Å². The fraction of sp³-hybridized carbons (Fsp3) is 0.679. The van der Waals surface area contributed by atoms with Crippen molar-refractivity contribution in [3.05, 3.63) is 15.8 Å². The monoisotopic (exact) mass is 487 g/mol. The third kappa shape index (κ3) is 7.43. The van der Waals surface area contributed by atoms with E-state index in [4.69, 9.17) is 4.74 Å². The Balaban J connectivity index is 2.54. The molecule has 1 aliphatic carbocycles. The van der Waals surface area contributed by atoms with Crippen molar-refractivity contribution in [2.75, 3.05) is 18.6 Å². The van der Waals surface area contributed by atoms with Crippen molar-refractivity contribution in [2.45, 2.75) is 80.6 Å². The molecule has 0 spiro atoms. The quantitative estimate of drug-likeness (QED) is 0.317. The van der Waals surface area contributed by atoms with E-state index < -0.39 is 5.97 Å². The molecule has 1 amide bonds. The Labute approximate surface area is 209 Å². The number of ether oxygens (including phenoxy) is 1. The summed E-state index contributed by atoms with van der Waals surface area (Å²) in [5.74, 6) is 6.29. The Morgan fingerprint density at radius 1 is 1.18 bits per heavy atom. The van der Waals surface area contributed by atoms with E-state index in [0.29, 0.717) is 21.4 Å². The number of methoxy groups -OCH3 is 1. The Morgan fingerprint density at radius 2 is 1.79 bits per heavy atom. The van der Waals surface area contributed by atoms with Crippen molar-refractivity contribution in [2.24, 2.45) is 29.1 Å². The molecule has 0 bridgehead atoms. The first-order chi connectivity index (χ1) is 15.9. The van der Waals surface area contributed by atoms with E-state index in [0.717, 1.165) is 32.1 Å². The summed E-state index contributed by atoms with van der Waals surface area (Å²) in [6.07, 6.45) is 4.32. The standard InChI is InChI=1S/C28H41NO4S/c1-9-22(18(2)3)24(30)17-29(26(31)20-12-10-19(4)11-13-20)23-16-21(14-15-28(5,6)7)34-25(23)27(32)33-8/h16,18-20,22H,9-13,17H2,1-8H3. The minimum absolute atomic E-state index is 0.0272. The minimum Gasteiger partial charge on any atom is -0.465 e. The maximum absolute atomic E-state index is 13.8. The molecule has 1 heterocycles. The lowest BCUT2D eigenvalue weighted by Crippen LogP contribution is -2.43. The van der Waals surface area contributed by atoms with Crippen LogP contribution in [0.15, 0.2) is 6.07 Å². The number of carbonyl (C=O) groups excluding carboxylic acids is 3. The first kappa shape index (κ1) is 28.1. The van der Waals surface area contributed by atoms with E-state index in [1.54, 1.807) is 11.0 Å². The Morgan fingerprint density at radius 3 is 2.29 bits per heavy atom. The topological polar surface area (TPSA) is 63.7 Å². The number of hydrogen-bond donors (Lipinski definition) is 0. The highest BCUT2D eigenvalue weighted by molar-refractivity contribution is 7.15. The van der Waals surface area contributed by atoms with Crippen LogP contribution in [-0.2, 0) is 14.3 Å². The SMILES string of the molecule is CCC(C(=O)CN(C(=O)C1CCC(C)CC1)c1cc(C#CC(C)(C)C)sc1C(=O)OC)C(C)C. The van der Waals surface area contributed by atoms with E-state index >= 15 is 0 Å². The van der Waals surface area contributed by atoms with Gasteiger partial charge in [-0.05, 0) is 70.8 Å². The third-order valence-electron chi connectivity index (χ3n) is 6.54. The third-order valence-corrected chi connectivity index (χ3v) is 7.56. The van der Waals surface area contributed by atoms with Gasteiger partial charge < -0.3 is 9.64 Å². The number of rotatable bonds is 8. The molecule has 2 rings (SSSR count). The maximum atomic E-state index is 13.8. The van der Waals surface area contributed by atoms with Crippen molar-refractivity contribution < 1.29 is 19.1 Å². The summed E-state index contributed by atoms with van der Waals surface area (Å²) in [7, 11) is 1.33. The van der Waals surface area contributed by atoms with Gasteiger partial charge in [-0.15, -0.1) is 11.3 Å². The van der Waals surface area contributed by atoms with E-state index in [1.165, 1.54) is 18.4 Å². The minimum atomic E-state index is -0.512. The Bertz CT molecular complexity index is 936. The van der Waals surface area contributed by atoms with Gasteiger partial charge in [-0.1, -0.05) is 39.5 Å². The predicted octanol–water partition coefficient (Wildman–Crippen LogP) is 6.34. The normalized spacial score (nSPS) is 19.2. The van der Waals surface area contributed by atoms with Crippen LogP contribution in [0.3, 0.4) is 0 Å². The Kier molecular flexibility index (Phi) is 9.94. The largest absolute Gasteiger partial charge is 0.465 e. The summed E-state index contributed by atoms with van der Waals surface area (Å²) >= 11 is 1.22. The zero-order valence-corrected chi connectivity index (χ0v) is 22.9. The summed E-state index contributed by atoms with van der Waals surface area (Å²) in [5.41, 5.74) is 0.247. The molecule has 1 aliphatic rings. The average molecular weight is 488 g/mol. The van der Waals surface area contributed by atoms with Gasteiger partial charge in [0.25, 0.3) is 0 Å².